The molecule has 0 saturated heterocycles. The van der Waals surface area contributed by atoms with E-state index in [2.05, 4.69) is 12.2 Å². The SMILES string of the molecule is CCCNCc1cccc(F)c1Sc1ccc(Cl)c(Cl)c1. The van der Waals surface area contributed by atoms with Gasteiger partial charge in [0.2, 0.25) is 0 Å². The van der Waals surface area contributed by atoms with E-state index in [1.807, 2.05) is 12.1 Å². The summed E-state index contributed by atoms with van der Waals surface area (Å²) >= 11 is 13.3. The van der Waals surface area contributed by atoms with E-state index in [-0.39, 0.29) is 5.82 Å². The molecule has 0 fully saturated rings. The minimum absolute atomic E-state index is 0.220. The molecule has 2 rings (SSSR count). The van der Waals surface area contributed by atoms with Crippen molar-refractivity contribution in [3.05, 3.63) is 57.8 Å². The summed E-state index contributed by atoms with van der Waals surface area (Å²) in [5.41, 5.74) is 0.944. The summed E-state index contributed by atoms with van der Waals surface area (Å²) in [4.78, 5) is 1.49. The Kier molecular flexibility index (Phi) is 6.37. The lowest BCUT2D eigenvalue weighted by Gasteiger charge is -2.11. The zero-order valence-corrected chi connectivity index (χ0v) is 14.0. The van der Waals surface area contributed by atoms with E-state index in [9.17, 15) is 4.39 Å². The molecular weight excluding hydrogens is 328 g/mol. The molecule has 0 aromatic heterocycles. The summed E-state index contributed by atoms with van der Waals surface area (Å²) < 4.78 is 14.1. The van der Waals surface area contributed by atoms with E-state index in [4.69, 9.17) is 23.2 Å². The third-order valence-corrected chi connectivity index (χ3v) is 4.79. The first-order chi connectivity index (χ1) is 10.1. The van der Waals surface area contributed by atoms with Crippen LogP contribution >= 0.6 is 35.0 Å². The molecule has 0 atom stereocenters. The molecule has 0 aliphatic rings. The summed E-state index contributed by atoms with van der Waals surface area (Å²) in [5, 5.41) is 4.27. The molecule has 1 N–H and O–H groups in total. The summed E-state index contributed by atoms with van der Waals surface area (Å²) in [7, 11) is 0. The molecule has 0 aliphatic heterocycles. The smallest absolute Gasteiger partial charge is 0.137 e. The van der Waals surface area contributed by atoms with Gasteiger partial charge in [-0.15, -0.1) is 0 Å². The van der Waals surface area contributed by atoms with Crippen LogP contribution < -0.4 is 5.32 Å². The van der Waals surface area contributed by atoms with Crippen molar-refractivity contribution in [1.82, 2.24) is 5.32 Å². The number of benzene rings is 2. The van der Waals surface area contributed by atoms with Gasteiger partial charge in [-0.25, -0.2) is 4.39 Å². The first-order valence-corrected chi connectivity index (χ1v) is 8.30. The van der Waals surface area contributed by atoms with E-state index in [0.717, 1.165) is 23.4 Å². The van der Waals surface area contributed by atoms with Crippen molar-refractivity contribution in [3.63, 3.8) is 0 Å². The lowest BCUT2D eigenvalue weighted by molar-refractivity contribution is 0.589. The zero-order chi connectivity index (χ0) is 15.2. The van der Waals surface area contributed by atoms with Crippen LogP contribution in [-0.4, -0.2) is 6.54 Å². The largest absolute Gasteiger partial charge is 0.313 e. The Bertz CT molecular complexity index is 619. The Morgan fingerprint density at radius 3 is 2.67 bits per heavy atom. The Morgan fingerprint density at radius 2 is 1.95 bits per heavy atom. The van der Waals surface area contributed by atoms with Crippen molar-refractivity contribution in [1.29, 1.82) is 0 Å². The number of hydrogen-bond donors (Lipinski definition) is 1. The fourth-order valence-corrected chi connectivity index (χ4v) is 3.21. The molecule has 21 heavy (non-hydrogen) atoms. The number of halogens is 3. The Morgan fingerprint density at radius 1 is 1.14 bits per heavy atom. The summed E-state index contributed by atoms with van der Waals surface area (Å²) in [5.74, 6) is -0.220. The van der Waals surface area contributed by atoms with Gasteiger partial charge in [0, 0.05) is 11.4 Å². The van der Waals surface area contributed by atoms with Crippen LogP contribution in [0, 0.1) is 5.82 Å². The number of nitrogens with one attached hydrogen (secondary N) is 1. The van der Waals surface area contributed by atoms with E-state index in [0.29, 0.717) is 21.5 Å². The molecule has 0 aliphatic carbocycles. The highest BCUT2D eigenvalue weighted by atomic mass is 35.5. The third kappa shape index (κ3) is 4.62. The van der Waals surface area contributed by atoms with Crippen LogP contribution in [0.2, 0.25) is 10.0 Å². The second-order valence-corrected chi connectivity index (χ2v) is 6.48. The highest BCUT2D eigenvalue weighted by molar-refractivity contribution is 7.99. The maximum Gasteiger partial charge on any atom is 0.137 e. The van der Waals surface area contributed by atoms with Gasteiger partial charge in [-0.3, -0.25) is 0 Å². The maximum atomic E-state index is 14.1. The highest BCUT2D eigenvalue weighted by Crippen LogP contribution is 2.35. The topological polar surface area (TPSA) is 12.0 Å². The molecule has 0 spiro atoms. The van der Waals surface area contributed by atoms with E-state index < -0.39 is 0 Å². The summed E-state index contributed by atoms with van der Waals surface area (Å²) in [6, 6.07) is 10.5. The van der Waals surface area contributed by atoms with Crippen LogP contribution in [-0.2, 0) is 6.54 Å². The molecule has 2 aromatic rings. The van der Waals surface area contributed by atoms with Crippen LogP contribution in [0.15, 0.2) is 46.2 Å². The fourth-order valence-electron chi connectivity index (χ4n) is 1.87. The Labute approximate surface area is 138 Å². The monoisotopic (exact) mass is 343 g/mol. The van der Waals surface area contributed by atoms with Crippen LogP contribution in [0.3, 0.4) is 0 Å². The minimum Gasteiger partial charge on any atom is -0.313 e. The molecule has 0 radical (unpaired) electrons. The summed E-state index contributed by atoms with van der Waals surface area (Å²) in [6.07, 6.45) is 1.05. The second kappa shape index (κ2) is 8.04. The van der Waals surface area contributed by atoms with Crippen LogP contribution in [0.1, 0.15) is 18.9 Å². The van der Waals surface area contributed by atoms with Gasteiger partial charge in [0.05, 0.1) is 14.9 Å². The Hall–Kier alpha value is -0.740. The fraction of sp³-hybridized carbons (Fsp3) is 0.250. The summed E-state index contributed by atoms with van der Waals surface area (Å²) in [6.45, 7) is 3.66. The molecule has 0 bridgehead atoms. The highest BCUT2D eigenvalue weighted by Gasteiger charge is 2.11. The van der Waals surface area contributed by atoms with Crippen LogP contribution in [0.25, 0.3) is 0 Å². The van der Waals surface area contributed by atoms with Crippen molar-refractivity contribution in [2.24, 2.45) is 0 Å². The van der Waals surface area contributed by atoms with Crippen molar-refractivity contribution in [2.45, 2.75) is 29.7 Å². The van der Waals surface area contributed by atoms with Crippen LogP contribution in [0.4, 0.5) is 4.39 Å². The predicted octanol–water partition coefficient (Wildman–Crippen LogP) is 5.78. The normalized spacial score (nSPS) is 10.9. The van der Waals surface area contributed by atoms with Gasteiger partial charge in [0.15, 0.2) is 0 Å². The number of hydrogen-bond acceptors (Lipinski definition) is 2. The average Bonchev–Trinajstić information content (AvgIpc) is 2.46. The first kappa shape index (κ1) is 16.6. The van der Waals surface area contributed by atoms with Gasteiger partial charge in [-0.05, 0) is 42.8 Å². The molecular formula is C16H16Cl2FNS. The molecule has 0 amide bonds. The third-order valence-electron chi connectivity index (χ3n) is 2.90. The average molecular weight is 344 g/mol. The molecule has 5 heteroatoms. The lowest BCUT2D eigenvalue weighted by Crippen LogP contribution is -2.14. The molecule has 1 nitrogen and oxygen atoms in total. The minimum atomic E-state index is -0.220. The van der Waals surface area contributed by atoms with Gasteiger partial charge in [-0.2, -0.15) is 0 Å². The van der Waals surface area contributed by atoms with E-state index in [1.54, 1.807) is 18.2 Å². The number of rotatable bonds is 6. The van der Waals surface area contributed by atoms with E-state index in [1.165, 1.54) is 17.8 Å². The second-order valence-electron chi connectivity index (χ2n) is 4.58. The van der Waals surface area contributed by atoms with Gasteiger partial charge >= 0.3 is 0 Å². The van der Waals surface area contributed by atoms with Gasteiger partial charge in [0.25, 0.3) is 0 Å². The molecule has 112 valence electrons. The molecule has 0 unspecified atom stereocenters. The van der Waals surface area contributed by atoms with Gasteiger partial charge < -0.3 is 5.32 Å². The molecule has 0 saturated carbocycles. The first-order valence-electron chi connectivity index (χ1n) is 6.73. The van der Waals surface area contributed by atoms with Crippen molar-refractivity contribution >= 4 is 35.0 Å². The van der Waals surface area contributed by atoms with Gasteiger partial charge in [0.1, 0.15) is 5.82 Å². The predicted molar refractivity (Wildman–Crippen MR) is 89.0 cm³/mol. The Balaban J connectivity index is 2.23. The quantitative estimate of drug-likeness (QED) is 0.666. The van der Waals surface area contributed by atoms with Crippen LogP contribution in [0.5, 0.6) is 0 Å². The van der Waals surface area contributed by atoms with E-state index >= 15 is 0 Å². The van der Waals surface area contributed by atoms with Crippen molar-refractivity contribution < 1.29 is 4.39 Å². The molecule has 0 heterocycles. The van der Waals surface area contributed by atoms with Crippen molar-refractivity contribution in [3.8, 4) is 0 Å². The van der Waals surface area contributed by atoms with Crippen molar-refractivity contribution in [2.75, 3.05) is 6.54 Å². The zero-order valence-electron chi connectivity index (χ0n) is 11.6. The lowest BCUT2D eigenvalue weighted by atomic mass is 10.2. The van der Waals surface area contributed by atoms with Gasteiger partial charge in [-0.1, -0.05) is 54.0 Å². The molecule has 2 aromatic carbocycles. The maximum absolute atomic E-state index is 14.1. The standard InChI is InChI=1S/C16H16Cl2FNS/c1-2-8-20-10-11-4-3-5-15(19)16(11)21-12-6-7-13(17)14(18)9-12/h3-7,9,20H,2,8,10H2,1H3.